The Kier molecular flexibility index (Phi) is 4.45. The summed E-state index contributed by atoms with van der Waals surface area (Å²) in [5, 5.41) is 12.2. The molecule has 5 nitrogen and oxygen atoms in total. The summed E-state index contributed by atoms with van der Waals surface area (Å²) in [7, 11) is 0. The molecule has 2 aromatic heterocycles. The molecule has 1 aromatic carbocycles. The zero-order valence-electron chi connectivity index (χ0n) is 11.5. The smallest absolute Gasteiger partial charge is 0.119 e. The van der Waals surface area contributed by atoms with Gasteiger partial charge in [0.05, 0.1) is 5.52 Å². The average Bonchev–Trinajstić information content (AvgIpc) is 3.00. The SMILES string of the molecule is Brc1ccc2nccc(NCCCCn3cnnc3)c2c1. The van der Waals surface area contributed by atoms with Crippen LogP contribution in [0.25, 0.3) is 10.9 Å². The molecule has 0 unspecified atom stereocenters. The van der Waals surface area contributed by atoms with Gasteiger partial charge in [-0.05, 0) is 37.1 Å². The van der Waals surface area contributed by atoms with Gasteiger partial charge in [-0.15, -0.1) is 10.2 Å². The molecule has 0 saturated carbocycles. The molecule has 0 radical (unpaired) electrons. The standard InChI is InChI=1S/C15H16BrN5/c16-12-3-4-14-13(9-12)15(5-7-18-14)17-6-1-2-8-21-10-19-20-11-21/h3-5,7,9-11H,1-2,6,8H2,(H,17,18). The highest BCUT2D eigenvalue weighted by atomic mass is 79.9. The van der Waals surface area contributed by atoms with Crippen LogP contribution in [0.3, 0.4) is 0 Å². The maximum Gasteiger partial charge on any atom is 0.119 e. The van der Waals surface area contributed by atoms with Gasteiger partial charge in [-0.3, -0.25) is 4.98 Å². The molecule has 0 spiro atoms. The molecule has 108 valence electrons. The van der Waals surface area contributed by atoms with Crippen LogP contribution in [0.5, 0.6) is 0 Å². The van der Waals surface area contributed by atoms with Gasteiger partial charge >= 0.3 is 0 Å². The minimum Gasteiger partial charge on any atom is -0.384 e. The van der Waals surface area contributed by atoms with E-state index in [9.17, 15) is 0 Å². The van der Waals surface area contributed by atoms with Gasteiger partial charge in [0.25, 0.3) is 0 Å². The largest absolute Gasteiger partial charge is 0.384 e. The summed E-state index contributed by atoms with van der Waals surface area (Å²) in [4.78, 5) is 4.38. The number of aromatic nitrogens is 4. The van der Waals surface area contributed by atoms with E-state index in [1.165, 1.54) is 0 Å². The van der Waals surface area contributed by atoms with Crippen molar-refractivity contribution in [2.75, 3.05) is 11.9 Å². The summed E-state index contributed by atoms with van der Waals surface area (Å²) < 4.78 is 3.07. The summed E-state index contributed by atoms with van der Waals surface area (Å²) >= 11 is 3.51. The fourth-order valence-electron chi connectivity index (χ4n) is 2.25. The third kappa shape index (κ3) is 3.58. The molecular formula is C15H16BrN5. The summed E-state index contributed by atoms with van der Waals surface area (Å²) in [6.45, 7) is 1.89. The van der Waals surface area contributed by atoms with Crippen LogP contribution >= 0.6 is 15.9 Å². The molecule has 21 heavy (non-hydrogen) atoms. The van der Waals surface area contributed by atoms with Crippen LogP contribution in [-0.4, -0.2) is 26.3 Å². The second-order valence-corrected chi connectivity index (χ2v) is 5.77. The first-order valence-corrected chi connectivity index (χ1v) is 7.73. The van der Waals surface area contributed by atoms with Gasteiger partial charge in [0, 0.05) is 34.8 Å². The molecule has 0 aliphatic rings. The molecule has 0 amide bonds. The van der Waals surface area contributed by atoms with Crippen molar-refractivity contribution in [1.29, 1.82) is 0 Å². The predicted molar refractivity (Wildman–Crippen MR) is 87.2 cm³/mol. The van der Waals surface area contributed by atoms with Gasteiger partial charge < -0.3 is 9.88 Å². The van der Waals surface area contributed by atoms with E-state index in [1.54, 1.807) is 12.7 Å². The van der Waals surface area contributed by atoms with Gasteiger partial charge in [-0.2, -0.15) is 0 Å². The number of benzene rings is 1. The molecule has 0 atom stereocenters. The number of unbranched alkanes of at least 4 members (excludes halogenated alkanes) is 1. The molecule has 0 aliphatic carbocycles. The first kappa shape index (κ1) is 14.0. The van der Waals surface area contributed by atoms with Crippen LogP contribution in [0.4, 0.5) is 5.69 Å². The number of hydrogen-bond donors (Lipinski definition) is 1. The molecular weight excluding hydrogens is 330 g/mol. The van der Waals surface area contributed by atoms with Crippen molar-refractivity contribution >= 4 is 32.5 Å². The van der Waals surface area contributed by atoms with E-state index in [0.717, 1.165) is 47.0 Å². The molecule has 3 aromatic rings. The average molecular weight is 346 g/mol. The number of hydrogen-bond acceptors (Lipinski definition) is 4. The number of rotatable bonds is 6. The fraction of sp³-hybridized carbons (Fsp3) is 0.267. The Bertz CT molecular complexity index is 711. The van der Waals surface area contributed by atoms with Crippen molar-refractivity contribution in [3.63, 3.8) is 0 Å². The second-order valence-electron chi connectivity index (χ2n) is 4.85. The monoisotopic (exact) mass is 345 g/mol. The van der Waals surface area contributed by atoms with E-state index in [1.807, 2.05) is 29.0 Å². The van der Waals surface area contributed by atoms with Crippen molar-refractivity contribution in [2.45, 2.75) is 19.4 Å². The molecule has 0 fully saturated rings. The molecule has 3 rings (SSSR count). The Labute approximate surface area is 131 Å². The van der Waals surface area contributed by atoms with Gasteiger partial charge in [-0.1, -0.05) is 15.9 Å². The van der Waals surface area contributed by atoms with E-state index >= 15 is 0 Å². The number of pyridine rings is 1. The third-order valence-electron chi connectivity index (χ3n) is 3.33. The normalized spacial score (nSPS) is 10.9. The van der Waals surface area contributed by atoms with Crippen molar-refractivity contribution in [3.05, 3.63) is 47.6 Å². The number of nitrogens with zero attached hydrogens (tertiary/aromatic N) is 4. The zero-order chi connectivity index (χ0) is 14.5. The second kappa shape index (κ2) is 6.67. The molecule has 0 aliphatic heterocycles. The van der Waals surface area contributed by atoms with Crippen molar-refractivity contribution in [1.82, 2.24) is 19.7 Å². The lowest BCUT2D eigenvalue weighted by Gasteiger charge is -2.09. The minimum absolute atomic E-state index is 0.938. The summed E-state index contributed by atoms with van der Waals surface area (Å²) in [5.41, 5.74) is 2.14. The first-order chi connectivity index (χ1) is 10.3. The molecule has 6 heteroatoms. The topological polar surface area (TPSA) is 55.6 Å². The van der Waals surface area contributed by atoms with Crippen LogP contribution in [0.1, 0.15) is 12.8 Å². The lowest BCUT2D eigenvalue weighted by molar-refractivity contribution is 0.619. The lowest BCUT2D eigenvalue weighted by atomic mass is 10.2. The maximum atomic E-state index is 4.38. The van der Waals surface area contributed by atoms with E-state index < -0.39 is 0 Å². The highest BCUT2D eigenvalue weighted by Gasteiger charge is 2.02. The molecule has 1 N–H and O–H groups in total. The van der Waals surface area contributed by atoms with Gasteiger partial charge in [-0.25, -0.2) is 0 Å². The van der Waals surface area contributed by atoms with Crippen LogP contribution in [0, 0.1) is 0 Å². The van der Waals surface area contributed by atoms with Crippen molar-refractivity contribution in [2.24, 2.45) is 0 Å². The summed E-state index contributed by atoms with van der Waals surface area (Å²) in [6, 6.07) is 8.16. The van der Waals surface area contributed by atoms with Crippen LogP contribution in [0.2, 0.25) is 0 Å². The zero-order valence-corrected chi connectivity index (χ0v) is 13.1. The highest BCUT2D eigenvalue weighted by Crippen LogP contribution is 2.25. The van der Waals surface area contributed by atoms with Crippen LogP contribution in [-0.2, 0) is 6.54 Å². The van der Waals surface area contributed by atoms with Gasteiger partial charge in [0.15, 0.2) is 0 Å². The molecule has 2 heterocycles. The fourth-order valence-corrected chi connectivity index (χ4v) is 2.61. The number of nitrogens with one attached hydrogen (secondary N) is 1. The lowest BCUT2D eigenvalue weighted by Crippen LogP contribution is -2.04. The Morgan fingerprint density at radius 1 is 1.10 bits per heavy atom. The molecule has 0 saturated heterocycles. The van der Waals surface area contributed by atoms with Crippen LogP contribution < -0.4 is 5.32 Å². The Hall–Kier alpha value is -1.95. The van der Waals surface area contributed by atoms with Gasteiger partial charge in [0.2, 0.25) is 0 Å². The maximum absolute atomic E-state index is 4.38. The van der Waals surface area contributed by atoms with E-state index in [4.69, 9.17) is 0 Å². The van der Waals surface area contributed by atoms with Gasteiger partial charge in [0.1, 0.15) is 12.7 Å². The number of fused-ring (bicyclic) bond motifs is 1. The third-order valence-corrected chi connectivity index (χ3v) is 3.82. The predicted octanol–water partition coefficient (Wildman–Crippen LogP) is 3.48. The number of halogens is 1. The van der Waals surface area contributed by atoms with E-state index in [2.05, 4.69) is 42.5 Å². The van der Waals surface area contributed by atoms with E-state index in [-0.39, 0.29) is 0 Å². The minimum atomic E-state index is 0.938. The van der Waals surface area contributed by atoms with E-state index in [0.29, 0.717) is 0 Å². The van der Waals surface area contributed by atoms with Crippen LogP contribution in [0.15, 0.2) is 47.6 Å². The Morgan fingerprint density at radius 3 is 2.81 bits per heavy atom. The Morgan fingerprint density at radius 2 is 1.95 bits per heavy atom. The highest BCUT2D eigenvalue weighted by molar-refractivity contribution is 9.10. The summed E-state index contributed by atoms with van der Waals surface area (Å²) in [6.07, 6.45) is 7.53. The quantitative estimate of drug-likeness (QED) is 0.695. The molecule has 0 bridgehead atoms. The summed E-state index contributed by atoms with van der Waals surface area (Å²) in [5.74, 6) is 0. The number of aryl methyl sites for hydroxylation is 1. The van der Waals surface area contributed by atoms with Crippen molar-refractivity contribution < 1.29 is 0 Å². The Balaban J connectivity index is 1.56. The number of anilines is 1. The first-order valence-electron chi connectivity index (χ1n) is 6.93. The van der Waals surface area contributed by atoms with Crippen molar-refractivity contribution in [3.8, 4) is 0 Å².